The summed E-state index contributed by atoms with van der Waals surface area (Å²) in [4.78, 5) is 15.6. The minimum absolute atomic E-state index is 0.213. The van der Waals surface area contributed by atoms with Crippen LogP contribution in [0, 0.1) is 0 Å². The standard InChI is InChI=1S/C17H14N2O4S2/c1-25(22,23)19-14-7-5-11(6-8-14)15-10-24-16(18-15)12-3-2-4-13(9-12)17(20)21/h2-10,19H,1H3,(H,20,21). The van der Waals surface area contributed by atoms with Crippen molar-refractivity contribution in [2.45, 2.75) is 0 Å². The highest BCUT2D eigenvalue weighted by Crippen LogP contribution is 2.30. The van der Waals surface area contributed by atoms with Gasteiger partial charge in [-0.1, -0.05) is 24.3 Å². The first kappa shape index (κ1) is 17.1. The molecule has 0 spiro atoms. The van der Waals surface area contributed by atoms with Crippen molar-refractivity contribution in [3.05, 3.63) is 59.5 Å². The van der Waals surface area contributed by atoms with Crippen molar-refractivity contribution in [1.29, 1.82) is 0 Å². The third-order valence-corrected chi connectivity index (χ3v) is 4.84. The van der Waals surface area contributed by atoms with E-state index < -0.39 is 16.0 Å². The van der Waals surface area contributed by atoms with Crippen molar-refractivity contribution >= 4 is 33.0 Å². The van der Waals surface area contributed by atoms with Gasteiger partial charge in [-0.05, 0) is 24.3 Å². The molecular formula is C17H14N2O4S2. The molecule has 0 saturated heterocycles. The summed E-state index contributed by atoms with van der Waals surface area (Å²) < 4.78 is 24.9. The molecule has 0 saturated carbocycles. The Kier molecular flexibility index (Phi) is 4.56. The van der Waals surface area contributed by atoms with Gasteiger partial charge < -0.3 is 5.11 Å². The summed E-state index contributed by atoms with van der Waals surface area (Å²) in [5.41, 5.74) is 3.02. The summed E-state index contributed by atoms with van der Waals surface area (Å²) in [6.07, 6.45) is 1.10. The molecule has 0 aliphatic carbocycles. The van der Waals surface area contributed by atoms with Crippen molar-refractivity contribution in [3.63, 3.8) is 0 Å². The summed E-state index contributed by atoms with van der Waals surface area (Å²) in [5, 5.41) is 11.7. The Hall–Kier alpha value is -2.71. The molecule has 2 N–H and O–H groups in total. The molecule has 1 aromatic heterocycles. The monoisotopic (exact) mass is 374 g/mol. The van der Waals surface area contributed by atoms with Crippen LogP contribution in [0.5, 0.6) is 0 Å². The fraction of sp³-hybridized carbons (Fsp3) is 0.0588. The van der Waals surface area contributed by atoms with Crippen LogP contribution < -0.4 is 4.72 Å². The highest BCUT2D eigenvalue weighted by molar-refractivity contribution is 7.92. The molecule has 8 heteroatoms. The van der Waals surface area contributed by atoms with Gasteiger partial charge in [0.15, 0.2) is 0 Å². The van der Waals surface area contributed by atoms with Crippen molar-refractivity contribution in [1.82, 2.24) is 4.98 Å². The number of hydrogen-bond acceptors (Lipinski definition) is 5. The summed E-state index contributed by atoms with van der Waals surface area (Å²) in [5.74, 6) is -0.979. The molecule has 128 valence electrons. The SMILES string of the molecule is CS(=O)(=O)Nc1ccc(-c2csc(-c3cccc(C(=O)O)c3)n2)cc1. The van der Waals surface area contributed by atoms with Gasteiger partial charge in [0, 0.05) is 22.2 Å². The van der Waals surface area contributed by atoms with E-state index in [9.17, 15) is 13.2 Å². The Labute approximate surface area is 148 Å². The number of hydrogen-bond donors (Lipinski definition) is 2. The lowest BCUT2D eigenvalue weighted by molar-refractivity contribution is 0.0697. The molecule has 1 heterocycles. The van der Waals surface area contributed by atoms with E-state index in [0.717, 1.165) is 28.1 Å². The molecule has 0 amide bonds. The summed E-state index contributed by atoms with van der Waals surface area (Å²) in [6, 6.07) is 13.5. The number of nitrogens with zero attached hydrogens (tertiary/aromatic N) is 1. The molecular weight excluding hydrogens is 360 g/mol. The number of aromatic carboxylic acids is 1. The smallest absolute Gasteiger partial charge is 0.335 e. The molecule has 0 aliphatic rings. The van der Waals surface area contributed by atoms with E-state index in [1.165, 1.54) is 17.4 Å². The lowest BCUT2D eigenvalue weighted by Gasteiger charge is -2.04. The topological polar surface area (TPSA) is 96.4 Å². The van der Waals surface area contributed by atoms with E-state index in [1.807, 2.05) is 11.4 Å². The lowest BCUT2D eigenvalue weighted by Crippen LogP contribution is -2.09. The van der Waals surface area contributed by atoms with Crippen molar-refractivity contribution in [2.24, 2.45) is 0 Å². The van der Waals surface area contributed by atoms with E-state index in [4.69, 9.17) is 5.11 Å². The maximum absolute atomic E-state index is 11.2. The Morgan fingerprint density at radius 3 is 2.48 bits per heavy atom. The van der Waals surface area contributed by atoms with Gasteiger partial charge in [0.1, 0.15) is 5.01 Å². The first-order valence-electron chi connectivity index (χ1n) is 7.19. The van der Waals surface area contributed by atoms with Crippen LogP contribution in [0.2, 0.25) is 0 Å². The quantitative estimate of drug-likeness (QED) is 0.712. The van der Waals surface area contributed by atoms with Gasteiger partial charge in [-0.25, -0.2) is 18.2 Å². The molecule has 0 fully saturated rings. The fourth-order valence-corrected chi connectivity index (χ4v) is 3.64. The number of nitrogens with one attached hydrogen (secondary N) is 1. The van der Waals surface area contributed by atoms with Crippen molar-refractivity contribution in [2.75, 3.05) is 11.0 Å². The summed E-state index contributed by atoms with van der Waals surface area (Å²) >= 11 is 1.42. The van der Waals surface area contributed by atoms with Crippen LogP contribution in [-0.2, 0) is 10.0 Å². The maximum Gasteiger partial charge on any atom is 0.335 e. The average molecular weight is 374 g/mol. The minimum Gasteiger partial charge on any atom is -0.478 e. The highest BCUT2D eigenvalue weighted by atomic mass is 32.2. The van der Waals surface area contributed by atoms with Gasteiger partial charge in [-0.15, -0.1) is 11.3 Å². The number of benzene rings is 2. The molecule has 0 atom stereocenters. The second-order valence-corrected chi connectivity index (χ2v) is 7.98. The molecule has 0 aliphatic heterocycles. The van der Waals surface area contributed by atoms with Gasteiger partial charge in [0.2, 0.25) is 10.0 Å². The van der Waals surface area contributed by atoms with Crippen LogP contribution in [0.4, 0.5) is 5.69 Å². The third-order valence-electron chi connectivity index (χ3n) is 3.34. The van der Waals surface area contributed by atoms with Crippen LogP contribution in [0.15, 0.2) is 53.9 Å². The van der Waals surface area contributed by atoms with Crippen LogP contribution in [0.3, 0.4) is 0 Å². The zero-order valence-corrected chi connectivity index (χ0v) is 14.8. The van der Waals surface area contributed by atoms with Crippen LogP contribution in [-0.4, -0.2) is 30.7 Å². The number of sulfonamides is 1. The first-order chi connectivity index (χ1) is 11.8. The second kappa shape index (κ2) is 6.66. The van der Waals surface area contributed by atoms with Crippen LogP contribution in [0.25, 0.3) is 21.8 Å². The zero-order valence-electron chi connectivity index (χ0n) is 13.1. The minimum atomic E-state index is -3.31. The summed E-state index contributed by atoms with van der Waals surface area (Å²) in [7, 11) is -3.31. The molecule has 6 nitrogen and oxygen atoms in total. The fourth-order valence-electron chi connectivity index (χ4n) is 2.25. The normalized spacial score (nSPS) is 11.2. The highest BCUT2D eigenvalue weighted by Gasteiger charge is 2.10. The number of carboxylic acid groups (broad SMARTS) is 1. The Balaban J connectivity index is 1.86. The zero-order chi connectivity index (χ0) is 18.0. The number of carbonyl (C=O) groups is 1. The predicted molar refractivity (Wildman–Crippen MR) is 98.4 cm³/mol. The van der Waals surface area contributed by atoms with Gasteiger partial charge in [0.25, 0.3) is 0 Å². The largest absolute Gasteiger partial charge is 0.478 e. The summed E-state index contributed by atoms with van der Waals surface area (Å²) in [6.45, 7) is 0. The van der Waals surface area contributed by atoms with E-state index in [2.05, 4.69) is 9.71 Å². The van der Waals surface area contributed by atoms with Crippen LogP contribution in [0.1, 0.15) is 10.4 Å². The maximum atomic E-state index is 11.2. The Bertz CT molecular complexity index is 1020. The number of anilines is 1. The molecule has 0 radical (unpaired) electrons. The van der Waals surface area contributed by atoms with Crippen molar-refractivity contribution < 1.29 is 18.3 Å². The van der Waals surface area contributed by atoms with Crippen LogP contribution >= 0.6 is 11.3 Å². The predicted octanol–water partition coefficient (Wildman–Crippen LogP) is 3.55. The van der Waals surface area contributed by atoms with E-state index >= 15 is 0 Å². The number of aromatic nitrogens is 1. The number of thiazole rings is 1. The van der Waals surface area contributed by atoms with E-state index in [1.54, 1.807) is 36.4 Å². The Morgan fingerprint density at radius 1 is 1.12 bits per heavy atom. The molecule has 25 heavy (non-hydrogen) atoms. The lowest BCUT2D eigenvalue weighted by atomic mass is 10.1. The van der Waals surface area contributed by atoms with Gasteiger partial charge >= 0.3 is 5.97 Å². The third kappa shape index (κ3) is 4.23. The van der Waals surface area contributed by atoms with E-state index in [-0.39, 0.29) is 5.56 Å². The van der Waals surface area contributed by atoms with Gasteiger partial charge in [-0.2, -0.15) is 0 Å². The first-order valence-corrected chi connectivity index (χ1v) is 9.96. The number of rotatable bonds is 5. The van der Waals surface area contributed by atoms with Crippen molar-refractivity contribution in [3.8, 4) is 21.8 Å². The molecule has 2 aromatic carbocycles. The average Bonchev–Trinajstić information content (AvgIpc) is 3.04. The molecule has 3 aromatic rings. The Morgan fingerprint density at radius 2 is 1.84 bits per heavy atom. The molecule has 0 bridgehead atoms. The molecule has 0 unspecified atom stereocenters. The van der Waals surface area contributed by atoms with Gasteiger partial charge in [0.05, 0.1) is 17.5 Å². The van der Waals surface area contributed by atoms with Gasteiger partial charge in [-0.3, -0.25) is 4.72 Å². The van der Waals surface area contributed by atoms with E-state index in [0.29, 0.717) is 5.69 Å². The molecule has 3 rings (SSSR count). The number of carboxylic acids is 1. The second-order valence-electron chi connectivity index (χ2n) is 5.38.